The third-order valence-electron chi connectivity index (χ3n) is 6.31. The maximum Gasteiger partial charge on any atom is 0.0479 e. The van der Waals surface area contributed by atoms with Crippen molar-refractivity contribution < 1.29 is 0 Å². The molecular formula is C14H28Si2. The lowest BCUT2D eigenvalue weighted by atomic mass is 10.2. The van der Waals surface area contributed by atoms with Gasteiger partial charge in [-0.2, -0.15) is 0 Å². The monoisotopic (exact) mass is 252 g/mol. The molecular weight excluding hydrogens is 224 g/mol. The second kappa shape index (κ2) is 4.60. The summed E-state index contributed by atoms with van der Waals surface area (Å²) in [7, 11) is -1.36. The quantitative estimate of drug-likeness (QED) is 0.525. The van der Waals surface area contributed by atoms with Gasteiger partial charge in [0.05, 0.1) is 0 Å². The van der Waals surface area contributed by atoms with Crippen molar-refractivity contribution in [1.29, 1.82) is 0 Å². The molecule has 3 aliphatic rings. The molecule has 3 saturated heterocycles. The van der Waals surface area contributed by atoms with Crippen molar-refractivity contribution >= 4 is 15.2 Å². The van der Waals surface area contributed by atoms with Crippen LogP contribution in [0, 0.1) is 0 Å². The fraction of sp³-hybridized carbons (Fsp3) is 1.00. The van der Waals surface area contributed by atoms with Gasteiger partial charge in [-0.25, -0.2) is 0 Å². The van der Waals surface area contributed by atoms with Crippen LogP contribution in [0.25, 0.3) is 0 Å². The largest absolute Gasteiger partial charge is 0.0590 e. The van der Waals surface area contributed by atoms with Gasteiger partial charge in [0.25, 0.3) is 0 Å². The lowest BCUT2D eigenvalue weighted by Gasteiger charge is -2.55. The molecule has 0 bridgehead atoms. The van der Waals surface area contributed by atoms with E-state index in [1.54, 1.807) is 87.6 Å². The summed E-state index contributed by atoms with van der Waals surface area (Å²) in [6.07, 6.45) is 13.0. The summed E-state index contributed by atoms with van der Waals surface area (Å²) in [4.78, 5) is 0. The van der Waals surface area contributed by atoms with Gasteiger partial charge in [0.15, 0.2) is 0 Å². The zero-order valence-electron chi connectivity index (χ0n) is 10.9. The van der Waals surface area contributed by atoms with E-state index < -0.39 is 15.2 Å². The van der Waals surface area contributed by atoms with Gasteiger partial charge in [-0.05, 0) is 0 Å². The van der Waals surface area contributed by atoms with Crippen molar-refractivity contribution in [2.24, 2.45) is 0 Å². The van der Waals surface area contributed by atoms with E-state index >= 15 is 0 Å². The molecule has 16 heavy (non-hydrogen) atoms. The SMILES string of the molecule is C1CCC[Si]23CCCC[Si]2(CC1)CCCC3. The molecule has 0 saturated carbocycles. The van der Waals surface area contributed by atoms with E-state index in [1.165, 1.54) is 0 Å². The average molecular weight is 253 g/mol. The van der Waals surface area contributed by atoms with Crippen LogP contribution >= 0.6 is 0 Å². The fourth-order valence-electron chi connectivity index (χ4n) is 5.47. The molecule has 0 atom stereocenters. The smallest absolute Gasteiger partial charge is 0.0479 e. The Kier molecular flexibility index (Phi) is 3.31. The standard InChI is InChI=1S/C14H28Si2/c1-2-4-10-16-13-7-5-11-15(16,9-3-1)12-6-8-14-16/h1-14H2. The van der Waals surface area contributed by atoms with Crippen molar-refractivity contribution in [3.05, 3.63) is 0 Å². The maximum atomic E-state index is 1.79. The molecule has 2 heteroatoms. The maximum absolute atomic E-state index is 1.79. The van der Waals surface area contributed by atoms with Gasteiger partial charge in [-0.3, -0.25) is 0 Å². The third kappa shape index (κ3) is 1.76. The highest BCUT2D eigenvalue weighted by Crippen LogP contribution is 2.51. The average Bonchev–Trinajstić information content (AvgIpc) is 2.30. The molecule has 92 valence electrons. The van der Waals surface area contributed by atoms with Gasteiger partial charge in [-0.1, -0.05) is 87.6 Å². The number of hydrogen-bond acceptors (Lipinski definition) is 0. The molecule has 0 aromatic rings. The van der Waals surface area contributed by atoms with Crippen LogP contribution in [0.1, 0.15) is 51.4 Å². The molecule has 0 aromatic heterocycles. The predicted molar refractivity (Wildman–Crippen MR) is 77.3 cm³/mol. The van der Waals surface area contributed by atoms with Crippen LogP contribution in [0.15, 0.2) is 0 Å². The highest BCUT2D eigenvalue weighted by atomic mass is 29.3. The summed E-state index contributed by atoms with van der Waals surface area (Å²) in [5.41, 5.74) is 0. The van der Waals surface area contributed by atoms with Gasteiger partial charge in [0.2, 0.25) is 0 Å². The van der Waals surface area contributed by atoms with Crippen LogP contribution in [-0.4, -0.2) is 15.2 Å². The van der Waals surface area contributed by atoms with E-state index in [-0.39, 0.29) is 0 Å². The minimum atomic E-state index is -0.680. The van der Waals surface area contributed by atoms with Gasteiger partial charge >= 0.3 is 0 Å². The first-order valence-electron chi connectivity index (χ1n) is 7.87. The Morgan fingerprint density at radius 2 is 0.562 bits per heavy atom. The minimum absolute atomic E-state index is 0.680. The van der Waals surface area contributed by atoms with Crippen molar-refractivity contribution in [2.75, 3.05) is 0 Å². The van der Waals surface area contributed by atoms with Gasteiger partial charge in [0, 0.05) is 15.2 Å². The normalized spacial score (nSPS) is 45.0. The van der Waals surface area contributed by atoms with E-state index in [0.717, 1.165) is 0 Å². The van der Waals surface area contributed by atoms with E-state index in [1.807, 2.05) is 0 Å². The van der Waals surface area contributed by atoms with Crippen LogP contribution < -0.4 is 0 Å². The highest BCUT2D eigenvalue weighted by Gasteiger charge is 2.55. The third-order valence-corrected chi connectivity index (χ3v) is 27.7. The summed E-state index contributed by atoms with van der Waals surface area (Å²) in [5, 5.41) is 0. The minimum Gasteiger partial charge on any atom is -0.0590 e. The molecule has 3 fully saturated rings. The number of hydrogen-bond donors (Lipinski definition) is 0. The van der Waals surface area contributed by atoms with Crippen molar-refractivity contribution in [1.82, 2.24) is 0 Å². The summed E-state index contributed by atoms with van der Waals surface area (Å²) < 4.78 is 0. The van der Waals surface area contributed by atoms with Crippen LogP contribution in [0.2, 0.25) is 36.3 Å². The van der Waals surface area contributed by atoms with Crippen LogP contribution in [-0.2, 0) is 0 Å². The first kappa shape index (κ1) is 11.5. The molecule has 0 spiro atoms. The van der Waals surface area contributed by atoms with Gasteiger partial charge in [0.1, 0.15) is 0 Å². The Bertz CT molecular complexity index is 211. The summed E-state index contributed by atoms with van der Waals surface area (Å²) in [6, 6.07) is 10.7. The summed E-state index contributed by atoms with van der Waals surface area (Å²) in [5.74, 6) is 0. The molecule has 0 radical (unpaired) electrons. The molecule has 3 heterocycles. The molecule has 0 aromatic carbocycles. The predicted octanol–water partition coefficient (Wildman–Crippen LogP) is 5.12. The number of rotatable bonds is 0. The zero-order chi connectivity index (χ0) is 10.9. The molecule has 0 amide bonds. The Labute approximate surface area is 103 Å². The van der Waals surface area contributed by atoms with E-state index in [0.29, 0.717) is 0 Å². The van der Waals surface area contributed by atoms with E-state index in [9.17, 15) is 0 Å². The fourth-order valence-corrected chi connectivity index (χ4v) is 28.4. The van der Waals surface area contributed by atoms with E-state index in [4.69, 9.17) is 0 Å². The molecule has 0 nitrogen and oxygen atoms in total. The first-order valence-corrected chi connectivity index (χ1v) is 14.1. The van der Waals surface area contributed by atoms with Crippen LogP contribution in [0.5, 0.6) is 0 Å². The molecule has 0 aliphatic carbocycles. The lowest BCUT2D eigenvalue weighted by molar-refractivity contribution is 0.653. The lowest BCUT2D eigenvalue weighted by Crippen LogP contribution is -2.66. The second-order valence-electron chi connectivity index (χ2n) is 6.89. The second-order valence-corrected chi connectivity index (χ2v) is 21.4. The highest BCUT2D eigenvalue weighted by molar-refractivity contribution is 7.43. The first-order chi connectivity index (χ1) is 7.87. The summed E-state index contributed by atoms with van der Waals surface area (Å²) >= 11 is 0. The Balaban J connectivity index is 1.90. The molecule has 3 rings (SSSR count). The zero-order valence-corrected chi connectivity index (χ0v) is 12.9. The molecule has 3 aliphatic heterocycles. The Morgan fingerprint density at radius 3 is 0.875 bits per heavy atom. The van der Waals surface area contributed by atoms with E-state index in [2.05, 4.69) is 0 Å². The summed E-state index contributed by atoms with van der Waals surface area (Å²) in [6.45, 7) is 0. The van der Waals surface area contributed by atoms with Crippen molar-refractivity contribution in [2.45, 2.75) is 87.6 Å². The topological polar surface area (TPSA) is 0 Å². The molecule has 0 unspecified atom stereocenters. The van der Waals surface area contributed by atoms with Crippen molar-refractivity contribution in [3.63, 3.8) is 0 Å². The van der Waals surface area contributed by atoms with Crippen LogP contribution in [0.4, 0.5) is 0 Å². The van der Waals surface area contributed by atoms with Crippen molar-refractivity contribution in [3.8, 4) is 0 Å². The Morgan fingerprint density at radius 1 is 0.312 bits per heavy atom. The van der Waals surface area contributed by atoms with Gasteiger partial charge in [-0.15, -0.1) is 0 Å². The molecule has 0 N–H and O–H groups in total. The van der Waals surface area contributed by atoms with Crippen LogP contribution in [0.3, 0.4) is 0 Å². The van der Waals surface area contributed by atoms with Gasteiger partial charge < -0.3 is 0 Å². The Hall–Kier alpha value is 0.434.